The van der Waals surface area contributed by atoms with E-state index in [9.17, 15) is 5.11 Å². The largest absolute Gasteiger partial charge is 0.396 e. The second kappa shape index (κ2) is 4.29. The third kappa shape index (κ3) is 1.87. The third-order valence-electron chi connectivity index (χ3n) is 4.91. The van der Waals surface area contributed by atoms with Crippen LogP contribution in [0.25, 0.3) is 0 Å². The molecule has 0 radical (unpaired) electrons. The molecule has 86 valence electrons. The van der Waals surface area contributed by atoms with Gasteiger partial charge in [0.1, 0.15) is 0 Å². The average Bonchev–Trinajstić information content (AvgIpc) is 2.74. The van der Waals surface area contributed by atoms with E-state index < -0.39 is 0 Å². The minimum atomic E-state index is 0.406. The summed E-state index contributed by atoms with van der Waals surface area (Å²) in [5.41, 5.74) is 0.498. The molecule has 0 bridgehead atoms. The Bertz CT molecular complexity index is 246. The summed E-state index contributed by atoms with van der Waals surface area (Å²) < 4.78 is 0. The van der Waals surface area contributed by atoms with E-state index >= 15 is 0 Å². The van der Waals surface area contributed by atoms with Crippen molar-refractivity contribution in [3.63, 3.8) is 0 Å². The van der Waals surface area contributed by atoms with E-state index in [1.807, 2.05) is 0 Å². The molecule has 2 aliphatic rings. The van der Waals surface area contributed by atoms with Crippen LogP contribution in [0.3, 0.4) is 0 Å². The Kier molecular flexibility index (Phi) is 3.20. The molecule has 1 spiro atoms. The molecular weight excluding hydrogens is 184 g/mol. The molecule has 4 atom stereocenters. The lowest BCUT2D eigenvalue weighted by Gasteiger charge is -2.32. The van der Waals surface area contributed by atoms with Gasteiger partial charge in [-0.15, -0.1) is 0 Å². The van der Waals surface area contributed by atoms with Crippen molar-refractivity contribution in [1.29, 1.82) is 0 Å². The molecule has 0 saturated heterocycles. The van der Waals surface area contributed by atoms with E-state index in [2.05, 4.69) is 26.0 Å². The first kappa shape index (κ1) is 11.2. The minimum absolute atomic E-state index is 0.406. The second-order valence-corrected chi connectivity index (χ2v) is 5.70. The van der Waals surface area contributed by atoms with Crippen LogP contribution in [0.1, 0.15) is 46.0 Å². The fourth-order valence-electron chi connectivity index (χ4n) is 4.08. The first-order valence-electron chi connectivity index (χ1n) is 6.45. The van der Waals surface area contributed by atoms with E-state index in [-0.39, 0.29) is 0 Å². The normalized spacial score (nSPS) is 45.9. The summed E-state index contributed by atoms with van der Waals surface area (Å²) in [6.07, 6.45) is 11.3. The monoisotopic (exact) mass is 208 g/mol. The SMILES string of the molecule is CC=CC1CCC2(CCC(C)C2CO)C1. The smallest absolute Gasteiger partial charge is 0.0467 e. The van der Waals surface area contributed by atoms with Gasteiger partial charge in [-0.1, -0.05) is 19.1 Å². The van der Waals surface area contributed by atoms with Gasteiger partial charge in [0.2, 0.25) is 0 Å². The summed E-state index contributed by atoms with van der Waals surface area (Å²) in [6.45, 7) is 4.84. The summed E-state index contributed by atoms with van der Waals surface area (Å²) in [6, 6.07) is 0. The quantitative estimate of drug-likeness (QED) is 0.690. The van der Waals surface area contributed by atoms with Crippen LogP contribution in [0.5, 0.6) is 0 Å². The van der Waals surface area contributed by atoms with Gasteiger partial charge in [0.15, 0.2) is 0 Å². The Morgan fingerprint density at radius 3 is 2.73 bits per heavy atom. The van der Waals surface area contributed by atoms with Crippen LogP contribution in [0, 0.1) is 23.2 Å². The highest BCUT2D eigenvalue weighted by Crippen LogP contribution is 2.57. The molecule has 2 rings (SSSR count). The number of hydrogen-bond acceptors (Lipinski definition) is 1. The molecule has 1 N–H and O–H groups in total. The predicted molar refractivity (Wildman–Crippen MR) is 63.6 cm³/mol. The van der Waals surface area contributed by atoms with Gasteiger partial charge >= 0.3 is 0 Å². The molecule has 0 aromatic rings. The Balaban J connectivity index is 2.08. The fourth-order valence-corrected chi connectivity index (χ4v) is 4.08. The van der Waals surface area contributed by atoms with E-state index in [0.29, 0.717) is 17.9 Å². The lowest BCUT2D eigenvalue weighted by atomic mass is 9.74. The summed E-state index contributed by atoms with van der Waals surface area (Å²) >= 11 is 0. The molecule has 2 saturated carbocycles. The maximum absolute atomic E-state index is 9.56. The van der Waals surface area contributed by atoms with E-state index in [0.717, 1.165) is 11.8 Å². The van der Waals surface area contributed by atoms with Gasteiger partial charge in [0.05, 0.1) is 0 Å². The number of aliphatic hydroxyl groups is 1. The molecule has 15 heavy (non-hydrogen) atoms. The molecular formula is C14H24O. The number of allylic oxidation sites excluding steroid dienone is 2. The Morgan fingerprint density at radius 1 is 1.33 bits per heavy atom. The van der Waals surface area contributed by atoms with Crippen molar-refractivity contribution in [3.05, 3.63) is 12.2 Å². The van der Waals surface area contributed by atoms with Gasteiger partial charge in [0, 0.05) is 6.61 Å². The molecule has 1 nitrogen and oxygen atoms in total. The van der Waals surface area contributed by atoms with Gasteiger partial charge in [-0.25, -0.2) is 0 Å². The molecule has 0 heterocycles. The predicted octanol–water partition coefficient (Wildman–Crippen LogP) is 3.39. The zero-order chi connectivity index (χ0) is 10.9. The van der Waals surface area contributed by atoms with Crippen molar-refractivity contribution in [1.82, 2.24) is 0 Å². The van der Waals surface area contributed by atoms with Gasteiger partial charge in [-0.05, 0) is 62.2 Å². The van der Waals surface area contributed by atoms with Crippen LogP contribution in [0.15, 0.2) is 12.2 Å². The molecule has 2 fully saturated rings. The highest BCUT2D eigenvalue weighted by Gasteiger charge is 2.49. The minimum Gasteiger partial charge on any atom is -0.396 e. The van der Waals surface area contributed by atoms with Gasteiger partial charge in [0.25, 0.3) is 0 Å². The van der Waals surface area contributed by atoms with Crippen molar-refractivity contribution in [2.45, 2.75) is 46.0 Å². The van der Waals surface area contributed by atoms with Gasteiger partial charge in [-0.3, -0.25) is 0 Å². The number of rotatable bonds is 2. The number of aliphatic hydroxyl groups excluding tert-OH is 1. The Morgan fingerprint density at radius 2 is 2.07 bits per heavy atom. The van der Waals surface area contributed by atoms with Crippen molar-refractivity contribution < 1.29 is 5.11 Å². The third-order valence-corrected chi connectivity index (χ3v) is 4.91. The lowest BCUT2D eigenvalue weighted by molar-refractivity contribution is 0.0963. The van der Waals surface area contributed by atoms with Crippen LogP contribution in [0.2, 0.25) is 0 Å². The molecule has 0 amide bonds. The van der Waals surface area contributed by atoms with E-state index in [1.165, 1.54) is 32.1 Å². The molecule has 0 aromatic carbocycles. The highest BCUT2D eigenvalue weighted by atomic mass is 16.3. The zero-order valence-electron chi connectivity index (χ0n) is 10.1. The molecule has 2 aliphatic carbocycles. The van der Waals surface area contributed by atoms with Crippen molar-refractivity contribution in [3.8, 4) is 0 Å². The highest BCUT2D eigenvalue weighted by molar-refractivity contribution is 5.04. The standard InChI is InChI=1S/C14H24O/c1-3-4-12-6-8-14(9-12)7-5-11(2)13(14)10-15/h3-4,11-13,15H,5-10H2,1-2H3. The van der Waals surface area contributed by atoms with Crippen LogP contribution in [0.4, 0.5) is 0 Å². The Labute approximate surface area is 93.6 Å². The summed E-state index contributed by atoms with van der Waals surface area (Å²) in [4.78, 5) is 0. The fraction of sp³-hybridized carbons (Fsp3) is 0.857. The van der Waals surface area contributed by atoms with Crippen LogP contribution in [-0.2, 0) is 0 Å². The van der Waals surface area contributed by atoms with Gasteiger partial charge in [-0.2, -0.15) is 0 Å². The number of hydrogen-bond donors (Lipinski definition) is 1. The van der Waals surface area contributed by atoms with Crippen LogP contribution in [-0.4, -0.2) is 11.7 Å². The second-order valence-electron chi connectivity index (χ2n) is 5.70. The molecule has 0 aliphatic heterocycles. The average molecular weight is 208 g/mol. The molecule has 4 unspecified atom stereocenters. The van der Waals surface area contributed by atoms with Crippen molar-refractivity contribution in [2.75, 3.05) is 6.61 Å². The Hall–Kier alpha value is -0.300. The van der Waals surface area contributed by atoms with Crippen molar-refractivity contribution >= 4 is 0 Å². The first-order valence-corrected chi connectivity index (χ1v) is 6.45. The zero-order valence-corrected chi connectivity index (χ0v) is 10.1. The summed E-state index contributed by atoms with van der Waals surface area (Å²) in [7, 11) is 0. The van der Waals surface area contributed by atoms with E-state index in [1.54, 1.807) is 0 Å². The van der Waals surface area contributed by atoms with Crippen molar-refractivity contribution in [2.24, 2.45) is 23.2 Å². The summed E-state index contributed by atoms with van der Waals surface area (Å²) in [5.74, 6) is 2.10. The van der Waals surface area contributed by atoms with Crippen LogP contribution >= 0.6 is 0 Å². The van der Waals surface area contributed by atoms with Crippen LogP contribution < -0.4 is 0 Å². The molecule has 1 heteroatoms. The first-order chi connectivity index (χ1) is 7.22. The molecule has 0 aromatic heterocycles. The summed E-state index contributed by atoms with van der Waals surface area (Å²) in [5, 5.41) is 9.56. The topological polar surface area (TPSA) is 20.2 Å². The van der Waals surface area contributed by atoms with E-state index in [4.69, 9.17) is 0 Å². The van der Waals surface area contributed by atoms with Gasteiger partial charge < -0.3 is 5.11 Å². The lowest BCUT2D eigenvalue weighted by Crippen LogP contribution is -2.28. The maximum atomic E-state index is 9.56. The maximum Gasteiger partial charge on any atom is 0.0467 e.